The van der Waals surface area contributed by atoms with Crippen LogP contribution in [0.15, 0.2) is 16.5 Å². The van der Waals surface area contributed by atoms with Crippen molar-refractivity contribution in [1.29, 1.82) is 0 Å². The Labute approximate surface area is 112 Å². The molecule has 2 rings (SSSR count). The Balaban J connectivity index is 1.95. The molecule has 1 amide bonds. The van der Waals surface area contributed by atoms with Crippen molar-refractivity contribution in [3.8, 4) is 0 Å². The van der Waals surface area contributed by atoms with Crippen molar-refractivity contribution in [3.63, 3.8) is 0 Å². The van der Waals surface area contributed by atoms with E-state index in [1.807, 2.05) is 0 Å². The second-order valence-electron chi connectivity index (χ2n) is 4.99. The van der Waals surface area contributed by atoms with E-state index in [4.69, 9.17) is 9.52 Å². The van der Waals surface area contributed by atoms with Crippen molar-refractivity contribution in [3.05, 3.63) is 23.7 Å². The topological polar surface area (TPSA) is 70.8 Å². The number of nitrogens with zero attached hydrogens (tertiary/aromatic N) is 1. The average Bonchev–Trinajstić information content (AvgIpc) is 2.89. The zero-order chi connectivity index (χ0) is 13.8. The lowest BCUT2D eigenvalue weighted by atomic mass is 9.92. The molecule has 5 heteroatoms. The fourth-order valence-electron chi connectivity index (χ4n) is 2.56. The summed E-state index contributed by atoms with van der Waals surface area (Å²) in [5.74, 6) is -0.723. The average molecular weight is 265 g/mol. The molecule has 0 unspecified atom stereocenters. The van der Waals surface area contributed by atoms with E-state index in [2.05, 4.69) is 6.92 Å². The third-order valence-electron chi connectivity index (χ3n) is 3.63. The smallest absolute Gasteiger partial charge is 0.371 e. The summed E-state index contributed by atoms with van der Waals surface area (Å²) < 4.78 is 5.04. The quantitative estimate of drug-likeness (QED) is 0.908. The number of amides is 1. The van der Waals surface area contributed by atoms with Crippen molar-refractivity contribution < 1.29 is 19.1 Å². The molecule has 1 aromatic rings. The number of carboxylic acids is 1. The highest BCUT2D eigenvalue weighted by Gasteiger charge is 2.25. The summed E-state index contributed by atoms with van der Waals surface area (Å²) >= 11 is 0. The summed E-state index contributed by atoms with van der Waals surface area (Å²) in [7, 11) is 0. The fourth-order valence-corrected chi connectivity index (χ4v) is 2.56. The van der Waals surface area contributed by atoms with Crippen LogP contribution in [0.3, 0.4) is 0 Å². The molecule has 1 aliphatic heterocycles. The Morgan fingerprint density at radius 1 is 1.32 bits per heavy atom. The van der Waals surface area contributed by atoms with Gasteiger partial charge in [0.2, 0.25) is 5.76 Å². The second kappa shape index (κ2) is 5.91. The van der Waals surface area contributed by atoms with Crippen LogP contribution >= 0.6 is 0 Å². The van der Waals surface area contributed by atoms with Crippen LogP contribution in [0.2, 0.25) is 0 Å². The minimum Gasteiger partial charge on any atom is -0.475 e. The highest BCUT2D eigenvalue weighted by atomic mass is 16.4. The van der Waals surface area contributed by atoms with E-state index in [0.717, 1.165) is 25.9 Å². The standard InChI is InChI=1S/C14H19NO4/c1-2-3-10-6-8-15(9-7-10)13(16)11-4-5-12(19-11)14(17)18/h4-5,10H,2-3,6-9H2,1H3,(H,17,18). The lowest BCUT2D eigenvalue weighted by Gasteiger charge is -2.31. The van der Waals surface area contributed by atoms with E-state index in [9.17, 15) is 9.59 Å². The van der Waals surface area contributed by atoms with Crippen molar-refractivity contribution in [2.75, 3.05) is 13.1 Å². The van der Waals surface area contributed by atoms with Crippen LogP contribution in [0.5, 0.6) is 0 Å². The van der Waals surface area contributed by atoms with Gasteiger partial charge in [0.25, 0.3) is 5.91 Å². The van der Waals surface area contributed by atoms with Gasteiger partial charge in [0.1, 0.15) is 0 Å². The number of carbonyl (C=O) groups excluding carboxylic acids is 1. The second-order valence-corrected chi connectivity index (χ2v) is 4.99. The maximum Gasteiger partial charge on any atom is 0.371 e. The maximum absolute atomic E-state index is 12.1. The first-order chi connectivity index (χ1) is 9.11. The molecule has 0 atom stereocenters. The van der Waals surface area contributed by atoms with Gasteiger partial charge in [0.15, 0.2) is 5.76 Å². The van der Waals surface area contributed by atoms with E-state index >= 15 is 0 Å². The van der Waals surface area contributed by atoms with Crippen LogP contribution in [0.4, 0.5) is 0 Å². The van der Waals surface area contributed by atoms with E-state index < -0.39 is 5.97 Å². The Kier molecular flexibility index (Phi) is 4.24. The van der Waals surface area contributed by atoms with Gasteiger partial charge in [0.05, 0.1) is 0 Å². The van der Waals surface area contributed by atoms with Gasteiger partial charge in [0, 0.05) is 13.1 Å². The molecule has 0 spiro atoms. The third kappa shape index (κ3) is 3.16. The van der Waals surface area contributed by atoms with Crippen molar-refractivity contribution >= 4 is 11.9 Å². The molecule has 0 radical (unpaired) electrons. The number of hydrogen-bond acceptors (Lipinski definition) is 3. The number of aromatic carboxylic acids is 1. The minimum absolute atomic E-state index is 0.117. The molecule has 2 heterocycles. The Morgan fingerprint density at radius 3 is 2.47 bits per heavy atom. The summed E-state index contributed by atoms with van der Waals surface area (Å²) in [6.07, 6.45) is 4.43. The van der Waals surface area contributed by atoms with Crippen LogP contribution in [0.1, 0.15) is 53.7 Å². The Hall–Kier alpha value is -1.78. The number of rotatable bonds is 4. The highest BCUT2D eigenvalue weighted by Crippen LogP contribution is 2.23. The first kappa shape index (κ1) is 13.6. The van der Waals surface area contributed by atoms with Crippen molar-refractivity contribution in [2.45, 2.75) is 32.6 Å². The maximum atomic E-state index is 12.1. The number of furan rings is 1. The summed E-state index contributed by atoms with van der Waals surface area (Å²) in [4.78, 5) is 24.6. The van der Waals surface area contributed by atoms with Crippen LogP contribution in [-0.4, -0.2) is 35.0 Å². The summed E-state index contributed by atoms with van der Waals surface area (Å²) in [6.45, 7) is 3.63. The van der Waals surface area contributed by atoms with Crippen molar-refractivity contribution in [1.82, 2.24) is 4.90 Å². The number of likely N-dealkylation sites (tertiary alicyclic amines) is 1. The third-order valence-corrected chi connectivity index (χ3v) is 3.63. The van der Waals surface area contributed by atoms with Crippen LogP contribution in [0.25, 0.3) is 0 Å². The van der Waals surface area contributed by atoms with Gasteiger partial charge in [-0.25, -0.2) is 4.79 Å². The van der Waals surface area contributed by atoms with Crippen LogP contribution in [-0.2, 0) is 0 Å². The molecule has 1 saturated heterocycles. The zero-order valence-electron chi connectivity index (χ0n) is 11.1. The van der Waals surface area contributed by atoms with Gasteiger partial charge >= 0.3 is 5.97 Å². The summed E-state index contributed by atoms with van der Waals surface area (Å²) in [5.41, 5.74) is 0. The van der Waals surface area contributed by atoms with Gasteiger partial charge in [-0.1, -0.05) is 19.8 Å². The summed E-state index contributed by atoms with van der Waals surface area (Å²) in [5, 5.41) is 8.77. The molecule has 19 heavy (non-hydrogen) atoms. The highest BCUT2D eigenvalue weighted by molar-refractivity contribution is 5.93. The normalized spacial score (nSPS) is 16.6. The fraction of sp³-hybridized carbons (Fsp3) is 0.571. The Bertz CT molecular complexity index is 458. The molecule has 1 aliphatic rings. The van der Waals surface area contributed by atoms with Gasteiger partial charge < -0.3 is 14.4 Å². The van der Waals surface area contributed by atoms with E-state index in [1.165, 1.54) is 25.0 Å². The first-order valence-corrected chi connectivity index (χ1v) is 6.74. The molecular weight excluding hydrogens is 246 g/mol. The van der Waals surface area contributed by atoms with Crippen molar-refractivity contribution in [2.24, 2.45) is 5.92 Å². The van der Waals surface area contributed by atoms with Gasteiger partial charge in [-0.05, 0) is 30.9 Å². The van der Waals surface area contributed by atoms with Gasteiger partial charge in [-0.3, -0.25) is 4.79 Å². The number of carboxylic acid groups (broad SMARTS) is 1. The van der Waals surface area contributed by atoms with Crippen LogP contribution in [0, 0.1) is 5.92 Å². The predicted octanol–water partition coefficient (Wildman–Crippen LogP) is 2.63. The molecule has 1 fully saturated rings. The molecule has 5 nitrogen and oxygen atoms in total. The molecule has 0 aliphatic carbocycles. The number of hydrogen-bond donors (Lipinski definition) is 1. The zero-order valence-corrected chi connectivity index (χ0v) is 11.1. The Morgan fingerprint density at radius 2 is 1.95 bits per heavy atom. The van der Waals surface area contributed by atoms with Gasteiger partial charge in [-0.15, -0.1) is 0 Å². The SMILES string of the molecule is CCCC1CCN(C(=O)c2ccc(C(=O)O)o2)CC1. The molecular formula is C14H19NO4. The molecule has 1 N–H and O–H groups in total. The molecule has 0 bridgehead atoms. The lowest BCUT2D eigenvalue weighted by Crippen LogP contribution is -2.38. The van der Waals surface area contributed by atoms with E-state index in [0.29, 0.717) is 5.92 Å². The predicted molar refractivity (Wildman–Crippen MR) is 69.2 cm³/mol. The number of piperidine rings is 1. The van der Waals surface area contributed by atoms with E-state index in [1.54, 1.807) is 4.90 Å². The van der Waals surface area contributed by atoms with Crippen LogP contribution < -0.4 is 0 Å². The molecule has 0 aromatic carbocycles. The largest absolute Gasteiger partial charge is 0.475 e. The minimum atomic E-state index is -1.15. The van der Waals surface area contributed by atoms with Gasteiger partial charge in [-0.2, -0.15) is 0 Å². The van der Waals surface area contributed by atoms with E-state index in [-0.39, 0.29) is 17.4 Å². The molecule has 0 saturated carbocycles. The summed E-state index contributed by atoms with van der Waals surface area (Å²) in [6, 6.07) is 2.75. The molecule has 1 aromatic heterocycles. The number of carbonyl (C=O) groups is 2. The molecule has 104 valence electrons. The first-order valence-electron chi connectivity index (χ1n) is 6.74. The monoisotopic (exact) mass is 265 g/mol. The lowest BCUT2D eigenvalue weighted by molar-refractivity contribution is 0.0627.